The van der Waals surface area contributed by atoms with E-state index in [2.05, 4.69) is 20.0 Å². The Bertz CT molecular complexity index is 937. The number of halogens is 1. The molecule has 1 aromatic carbocycles. The number of urea groups is 1. The van der Waals surface area contributed by atoms with Crippen molar-refractivity contribution in [3.63, 3.8) is 0 Å². The Morgan fingerprint density at radius 2 is 1.93 bits per heavy atom. The number of hydrogen-bond donors (Lipinski definition) is 2. The molecule has 8 nitrogen and oxygen atoms in total. The lowest BCUT2D eigenvalue weighted by Crippen LogP contribution is -2.42. The minimum absolute atomic E-state index is 0.263. The van der Waals surface area contributed by atoms with Gasteiger partial charge in [-0.15, -0.1) is 0 Å². The largest absolute Gasteiger partial charge is 0.325 e. The normalized spacial score (nSPS) is 19.7. The zero-order valence-electron chi connectivity index (χ0n) is 15.9. The fourth-order valence-electron chi connectivity index (χ4n) is 2.70. The van der Waals surface area contributed by atoms with Gasteiger partial charge in [0.25, 0.3) is 5.91 Å². The van der Waals surface area contributed by atoms with Crippen LogP contribution in [0.3, 0.4) is 0 Å². The van der Waals surface area contributed by atoms with E-state index in [-0.39, 0.29) is 5.41 Å². The van der Waals surface area contributed by atoms with Gasteiger partial charge in [-0.2, -0.15) is 4.37 Å². The van der Waals surface area contributed by atoms with E-state index in [4.69, 9.17) is 0 Å². The van der Waals surface area contributed by atoms with Crippen LogP contribution in [0.15, 0.2) is 24.3 Å². The van der Waals surface area contributed by atoms with E-state index in [1.807, 2.05) is 20.8 Å². The lowest BCUT2D eigenvalue weighted by molar-refractivity contribution is -0.133. The van der Waals surface area contributed by atoms with Gasteiger partial charge in [-0.25, -0.2) is 14.2 Å². The van der Waals surface area contributed by atoms with E-state index in [0.717, 1.165) is 16.4 Å². The molecule has 0 bridgehead atoms. The molecule has 1 fully saturated rings. The van der Waals surface area contributed by atoms with Crippen molar-refractivity contribution in [2.45, 2.75) is 38.6 Å². The summed E-state index contributed by atoms with van der Waals surface area (Å²) < 4.78 is 17.4. The molecular formula is C18H20FN5O3S. The second kappa shape index (κ2) is 6.93. The molecule has 2 N–H and O–H groups in total. The topological polar surface area (TPSA) is 104 Å². The highest BCUT2D eigenvalue weighted by atomic mass is 32.1. The maximum absolute atomic E-state index is 13.2. The van der Waals surface area contributed by atoms with Gasteiger partial charge in [-0.1, -0.05) is 32.9 Å². The number of amides is 4. The third-order valence-corrected chi connectivity index (χ3v) is 4.97. The number of carbonyl (C=O) groups is 3. The summed E-state index contributed by atoms with van der Waals surface area (Å²) in [5, 5.41) is 5.42. The van der Waals surface area contributed by atoms with E-state index < -0.39 is 35.7 Å². The molecule has 3 rings (SSSR count). The first kappa shape index (κ1) is 19.9. The second-order valence-corrected chi connectivity index (χ2v) is 8.43. The first-order valence-corrected chi connectivity index (χ1v) is 9.32. The number of rotatable bonds is 4. The lowest BCUT2D eigenvalue weighted by atomic mass is 9.92. The summed E-state index contributed by atoms with van der Waals surface area (Å²) in [5.74, 6) is -1.02. The highest BCUT2D eigenvalue weighted by Gasteiger charge is 2.49. The van der Waals surface area contributed by atoms with Gasteiger partial charge >= 0.3 is 6.03 Å². The van der Waals surface area contributed by atoms with Gasteiger partial charge in [0.15, 0.2) is 0 Å². The monoisotopic (exact) mass is 405 g/mol. The SMILES string of the molecule is CC(C)(C)c1nsc(NC(=O)CN2C(=O)NC(C)(c3ccc(F)cc3)C2=O)n1. The van der Waals surface area contributed by atoms with Gasteiger partial charge in [-0.3, -0.25) is 19.8 Å². The molecule has 2 heterocycles. The summed E-state index contributed by atoms with van der Waals surface area (Å²) in [7, 11) is 0. The van der Waals surface area contributed by atoms with Crippen molar-refractivity contribution in [2.75, 3.05) is 11.9 Å². The summed E-state index contributed by atoms with van der Waals surface area (Å²) in [4.78, 5) is 42.5. The average molecular weight is 405 g/mol. The Labute approximate surface area is 165 Å². The fourth-order valence-corrected chi connectivity index (χ4v) is 3.48. The molecule has 1 aromatic heterocycles. The Balaban J connectivity index is 1.71. The molecule has 1 unspecified atom stereocenters. The molecule has 1 aliphatic rings. The molecule has 28 heavy (non-hydrogen) atoms. The molecule has 4 amide bonds. The van der Waals surface area contributed by atoms with Gasteiger partial charge in [0.1, 0.15) is 23.7 Å². The van der Waals surface area contributed by atoms with Crippen molar-refractivity contribution in [3.05, 3.63) is 41.5 Å². The Hall–Kier alpha value is -2.88. The second-order valence-electron chi connectivity index (χ2n) is 7.67. The molecule has 10 heteroatoms. The van der Waals surface area contributed by atoms with Crippen molar-refractivity contribution in [2.24, 2.45) is 0 Å². The quantitative estimate of drug-likeness (QED) is 0.760. The molecule has 0 saturated carbocycles. The Morgan fingerprint density at radius 1 is 1.29 bits per heavy atom. The summed E-state index contributed by atoms with van der Waals surface area (Å²) in [6, 6.07) is 4.56. The molecule has 0 spiro atoms. The van der Waals surface area contributed by atoms with E-state index in [0.29, 0.717) is 16.5 Å². The van der Waals surface area contributed by atoms with Crippen LogP contribution in [0.2, 0.25) is 0 Å². The number of carbonyl (C=O) groups excluding carboxylic acids is 3. The molecule has 1 saturated heterocycles. The van der Waals surface area contributed by atoms with E-state index in [1.54, 1.807) is 0 Å². The first-order chi connectivity index (χ1) is 13.0. The van der Waals surface area contributed by atoms with E-state index >= 15 is 0 Å². The van der Waals surface area contributed by atoms with Crippen molar-refractivity contribution >= 4 is 34.5 Å². The number of nitrogens with one attached hydrogen (secondary N) is 2. The number of hydrogen-bond acceptors (Lipinski definition) is 6. The molecular weight excluding hydrogens is 385 g/mol. The summed E-state index contributed by atoms with van der Waals surface area (Å²) in [5.41, 5.74) is -1.21. The summed E-state index contributed by atoms with van der Waals surface area (Å²) >= 11 is 1.03. The van der Waals surface area contributed by atoms with Gasteiger partial charge < -0.3 is 5.32 Å². The van der Waals surface area contributed by atoms with Gasteiger partial charge in [0, 0.05) is 16.9 Å². The van der Waals surface area contributed by atoms with Crippen LogP contribution in [0, 0.1) is 5.82 Å². The average Bonchev–Trinajstić information content (AvgIpc) is 3.15. The van der Waals surface area contributed by atoms with Crippen LogP contribution in [0.25, 0.3) is 0 Å². The van der Waals surface area contributed by atoms with E-state index in [9.17, 15) is 18.8 Å². The predicted molar refractivity (Wildman–Crippen MR) is 101 cm³/mol. The number of benzene rings is 1. The van der Waals surface area contributed by atoms with Crippen LogP contribution < -0.4 is 10.6 Å². The van der Waals surface area contributed by atoms with Crippen LogP contribution >= 0.6 is 11.5 Å². The molecule has 1 atom stereocenters. The number of imide groups is 1. The minimum atomic E-state index is -1.37. The third-order valence-electron chi connectivity index (χ3n) is 4.34. The number of anilines is 1. The zero-order valence-corrected chi connectivity index (χ0v) is 16.7. The van der Waals surface area contributed by atoms with Crippen LogP contribution in [0.1, 0.15) is 39.1 Å². The smallest absolute Gasteiger partial charge is 0.319 e. The highest BCUT2D eigenvalue weighted by Crippen LogP contribution is 2.29. The minimum Gasteiger partial charge on any atom is -0.319 e. The van der Waals surface area contributed by atoms with Gasteiger partial charge in [-0.05, 0) is 24.6 Å². The summed E-state index contributed by atoms with van der Waals surface area (Å²) in [6.07, 6.45) is 0. The van der Waals surface area contributed by atoms with Crippen LogP contribution in [0.5, 0.6) is 0 Å². The number of nitrogens with zero attached hydrogens (tertiary/aromatic N) is 3. The van der Waals surface area contributed by atoms with Crippen molar-refractivity contribution in [1.29, 1.82) is 0 Å². The maximum atomic E-state index is 13.2. The maximum Gasteiger partial charge on any atom is 0.325 e. The van der Waals surface area contributed by atoms with Crippen LogP contribution in [-0.2, 0) is 20.5 Å². The van der Waals surface area contributed by atoms with Crippen molar-refractivity contribution in [3.8, 4) is 0 Å². The molecule has 1 aliphatic heterocycles. The molecule has 0 radical (unpaired) electrons. The lowest BCUT2D eigenvalue weighted by Gasteiger charge is -2.22. The van der Waals surface area contributed by atoms with Crippen LogP contribution in [0.4, 0.5) is 14.3 Å². The van der Waals surface area contributed by atoms with E-state index in [1.165, 1.54) is 31.2 Å². The van der Waals surface area contributed by atoms with Gasteiger partial charge in [0.05, 0.1) is 0 Å². The van der Waals surface area contributed by atoms with Crippen molar-refractivity contribution in [1.82, 2.24) is 19.6 Å². The molecule has 2 aromatic rings. The Kier molecular flexibility index (Phi) is 4.92. The predicted octanol–water partition coefficient (Wildman–Crippen LogP) is 2.38. The standard InChI is InChI=1S/C18H20FN5O3S/c1-17(2,3)13-21-15(28-23-13)20-12(25)9-24-14(26)18(4,22-16(24)27)10-5-7-11(19)8-6-10/h5-8H,9H2,1-4H3,(H,22,27)(H,20,21,23,25). The van der Waals surface area contributed by atoms with Crippen molar-refractivity contribution < 1.29 is 18.8 Å². The summed E-state index contributed by atoms with van der Waals surface area (Å²) in [6.45, 7) is 6.89. The fraction of sp³-hybridized carbons (Fsp3) is 0.389. The zero-order chi connectivity index (χ0) is 20.7. The molecule has 0 aliphatic carbocycles. The number of aromatic nitrogens is 2. The molecule has 148 valence electrons. The van der Waals surface area contributed by atoms with Gasteiger partial charge in [0.2, 0.25) is 11.0 Å². The Morgan fingerprint density at radius 3 is 2.50 bits per heavy atom. The third kappa shape index (κ3) is 3.72. The van der Waals surface area contributed by atoms with Crippen LogP contribution in [-0.4, -0.2) is 38.6 Å². The highest BCUT2D eigenvalue weighted by molar-refractivity contribution is 7.09. The first-order valence-electron chi connectivity index (χ1n) is 8.55.